The number of esters is 1. The molecular weight excluding hydrogens is 388 g/mol. The number of fused-ring (bicyclic) bond motifs is 1. The van der Waals surface area contributed by atoms with Crippen molar-refractivity contribution in [1.82, 2.24) is 9.80 Å². The summed E-state index contributed by atoms with van der Waals surface area (Å²) in [5, 5.41) is 0. The summed E-state index contributed by atoms with van der Waals surface area (Å²) in [6.45, 7) is 2.91. The van der Waals surface area contributed by atoms with Crippen LogP contribution in [-0.2, 0) is 16.1 Å². The minimum absolute atomic E-state index is 0.0377. The zero-order valence-electron chi connectivity index (χ0n) is 16.6. The highest BCUT2D eigenvalue weighted by atomic mass is 16.5. The van der Waals surface area contributed by atoms with E-state index in [9.17, 15) is 19.2 Å². The fourth-order valence-electron chi connectivity index (χ4n) is 3.92. The van der Waals surface area contributed by atoms with Crippen LogP contribution in [0.5, 0.6) is 0 Å². The van der Waals surface area contributed by atoms with Crippen LogP contribution in [0.3, 0.4) is 0 Å². The molecular formula is C22H22N2O6. The number of carbonyl (C=O) groups is 4. The molecule has 1 atom stereocenters. The van der Waals surface area contributed by atoms with Crippen LogP contribution in [0.25, 0.3) is 0 Å². The number of imide groups is 1. The number of hydrogen-bond donors (Lipinski definition) is 0. The molecule has 1 fully saturated rings. The average molecular weight is 410 g/mol. The van der Waals surface area contributed by atoms with E-state index in [2.05, 4.69) is 0 Å². The summed E-state index contributed by atoms with van der Waals surface area (Å²) >= 11 is 0. The van der Waals surface area contributed by atoms with Gasteiger partial charge in [-0.3, -0.25) is 24.1 Å². The Balaban J connectivity index is 1.52. The number of piperidine rings is 1. The van der Waals surface area contributed by atoms with Crippen molar-refractivity contribution in [2.24, 2.45) is 5.92 Å². The second kappa shape index (κ2) is 8.14. The summed E-state index contributed by atoms with van der Waals surface area (Å²) < 4.78 is 10.3. The number of carbonyl (C=O) groups excluding carboxylic acids is 4. The van der Waals surface area contributed by atoms with Crippen LogP contribution in [0.2, 0.25) is 0 Å². The van der Waals surface area contributed by atoms with Gasteiger partial charge in [0.25, 0.3) is 17.7 Å². The van der Waals surface area contributed by atoms with Gasteiger partial charge >= 0.3 is 5.97 Å². The van der Waals surface area contributed by atoms with Gasteiger partial charge in [0.15, 0.2) is 0 Å². The first-order valence-corrected chi connectivity index (χ1v) is 9.98. The lowest BCUT2D eigenvalue weighted by Crippen LogP contribution is -2.42. The van der Waals surface area contributed by atoms with Crippen LogP contribution in [0, 0.1) is 5.92 Å². The molecule has 1 saturated heterocycles. The molecule has 0 unspecified atom stereocenters. The van der Waals surface area contributed by atoms with Gasteiger partial charge in [0, 0.05) is 18.7 Å². The van der Waals surface area contributed by atoms with Gasteiger partial charge in [0.2, 0.25) is 0 Å². The van der Waals surface area contributed by atoms with Gasteiger partial charge in [-0.25, -0.2) is 0 Å². The smallest absolute Gasteiger partial charge is 0.310 e. The van der Waals surface area contributed by atoms with Crippen molar-refractivity contribution in [2.75, 3.05) is 19.7 Å². The fourth-order valence-corrected chi connectivity index (χ4v) is 3.92. The average Bonchev–Trinajstić information content (AvgIpc) is 3.36. The van der Waals surface area contributed by atoms with Gasteiger partial charge in [0.1, 0.15) is 5.76 Å². The summed E-state index contributed by atoms with van der Waals surface area (Å²) in [7, 11) is 0. The second-order valence-corrected chi connectivity index (χ2v) is 7.38. The van der Waals surface area contributed by atoms with Crippen LogP contribution in [0.1, 0.15) is 56.6 Å². The Bertz CT molecular complexity index is 997. The maximum Gasteiger partial charge on any atom is 0.310 e. The Morgan fingerprint density at radius 2 is 1.97 bits per heavy atom. The minimum atomic E-state index is -0.455. The van der Waals surface area contributed by atoms with Crippen LogP contribution < -0.4 is 0 Å². The molecule has 0 saturated carbocycles. The van der Waals surface area contributed by atoms with E-state index in [1.165, 1.54) is 18.4 Å². The third-order valence-corrected chi connectivity index (χ3v) is 5.44. The molecule has 2 aliphatic rings. The summed E-state index contributed by atoms with van der Waals surface area (Å²) in [6.07, 6.45) is 2.86. The molecule has 0 spiro atoms. The van der Waals surface area contributed by atoms with Gasteiger partial charge in [0.05, 0.1) is 36.5 Å². The normalized spacial score (nSPS) is 18.5. The van der Waals surface area contributed by atoms with Gasteiger partial charge in [-0.2, -0.15) is 0 Å². The van der Waals surface area contributed by atoms with Gasteiger partial charge < -0.3 is 14.1 Å². The van der Waals surface area contributed by atoms with E-state index >= 15 is 0 Å². The molecule has 3 heterocycles. The van der Waals surface area contributed by atoms with Crippen molar-refractivity contribution in [3.63, 3.8) is 0 Å². The summed E-state index contributed by atoms with van der Waals surface area (Å²) in [5.74, 6) is -1.27. The highest BCUT2D eigenvalue weighted by molar-refractivity contribution is 6.22. The first-order chi connectivity index (χ1) is 14.5. The Morgan fingerprint density at radius 1 is 1.17 bits per heavy atom. The summed E-state index contributed by atoms with van der Waals surface area (Å²) in [4.78, 5) is 53.1. The maximum absolute atomic E-state index is 13.0. The molecule has 156 valence electrons. The molecule has 0 bridgehead atoms. The molecule has 2 aliphatic heterocycles. The SMILES string of the molecule is CCOC(=O)[C@H]1CCCN(C(=O)c2ccc3c(c2)C(=O)N(Cc2ccco2)C3=O)C1. The van der Waals surface area contributed by atoms with Crippen molar-refractivity contribution in [3.8, 4) is 0 Å². The fraction of sp³-hybridized carbons (Fsp3) is 0.364. The van der Waals surface area contributed by atoms with Crippen molar-refractivity contribution >= 4 is 23.7 Å². The number of benzene rings is 1. The Labute approximate surface area is 173 Å². The van der Waals surface area contributed by atoms with E-state index in [-0.39, 0.29) is 42.0 Å². The summed E-state index contributed by atoms with van der Waals surface area (Å²) in [5.41, 5.74) is 0.793. The van der Waals surface area contributed by atoms with Crippen molar-refractivity contribution in [2.45, 2.75) is 26.3 Å². The Morgan fingerprint density at radius 3 is 2.70 bits per heavy atom. The summed E-state index contributed by atoms with van der Waals surface area (Å²) in [6, 6.07) is 7.91. The highest BCUT2D eigenvalue weighted by Crippen LogP contribution is 2.27. The number of likely N-dealkylation sites (tertiary alicyclic amines) is 1. The lowest BCUT2D eigenvalue weighted by atomic mass is 9.97. The molecule has 2 aromatic rings. The number of amides is 3. The van der Waals surface area contributed by atoms with E-state index in [0.717, 1.165) is 4.90 Å². The van der Waals surface area contributed by atoms with Crippen LogP contribution in [0.4, 0.5) is 0 Å². The lowest BCUT2D eigenvalue weighted by Gasteiger charge is -2.31. The molecule has 8 heteroatoms. The molecule has 4 rings (SSSR count). The quantitative estimate of drug-likeness (QED) is 0.555. The first kappa shape index (κ1) is 19.9. The van der Waals surface area contributed by atoms with E-state index in [4.69, 9.17) is 9.15 Å². The van der Waals surface area contributed by atoms with Gasteiger partial charge in [-0.15, -0.1) is 0 Å². The number of ether oxygens (including phenoxy) is 1. The van der Waals surface area contributed by atoms with E-state index in [1.807, 2.05) is 0 Å². The largest absolute Gasteiger partial charge is 0.467 e. The molecule has 3 amide bonds. The molecule has 0 radical (unpaired) electrons. The maximum atomic E-state index is 13.0. The molecule has 0 aliphatic carbocycles. The number of rotatable bonds is 5. The van der Waals surface area contributed by atoms with Gasteiger partial charge in [-0.05, 0) is 50.1 Å². The van der Waals surface area contributed by atoms with Crippen molar-refractivity contribution < 1.29 is 28.3 Å². The van der Waals surface area contributed by atoms with Crippen LogP contribution in [0.15, 0.2) is 41.0 Å². The first-order valence-electron chi connectivity index (χ1n) is 9.98. The monoisotopic (exact) mass is 410 g/mol. The van der Waals surface area contributed by atoms with Crippen molar-refractivity contribution in [3.05, 3.63) is 59.0 Å². The Kier molecular flexibility index (Phi) is 5.39. The third kappa shape index (κ3) is 3.60. The topological polar surface area (TPSA) is 97.1 Å². The number of furan rings is 1. The lowest BCUT2D eigenvalue weighted by molar-refractivity contribution is -0.149. The zero-order valence-corrected chi connectivity index (χ0v) is 16.6. The molecule has 8 nitrogen and oxygen atoms in total. The van der Waals surface area contributed by atoms with E-state index in [1.54, 1.807) is 30.0 Å². The molecule has 1 aromatic heterocycles. The predicted molar refractivity (Wildman–Crippen MR) is 105 cm³/mol. The van der Waals surface area contributed by atoms with Crippen LogP contribution in [-0.4, -0.2) is 53.2 Å². The van der Waals surface area contributed by atoms with Crippen LogP contribution >= 0.6 is 0 Å². The Hall–Kier alpha value is -3.42. The number of hydrogen-bond acceptors (Lipinski definition) is 6. The predicted octanol–water partition coefficient (Wildman–Crippen LogP) is 2.49. The van der Waals surface area contributed by atoms with E-state index in [0.29, 0.717) is 37.3 Å². The molecule has 1 aromatic carbocycles. The van der Waals surface area contributed by atoms with E-state index < -0.39 is 11.8 Å². The standard InChI is InChI=1S/C22H22N2O6/c1-2-29-22(28)15-5-3-9-23(12-15)19(25)14-7-8-17-18(11-14)21(27)24(20(17)26)13-16-6-4-10-30-16/h4,6-8,10-11,15H,2-3,5,9,12-13H2,1H3/t15-/m0/s1. The second-order valence-electron chi connectivity index (χ2n) is 7.38. The molecule has 30 heavy (non-hydrogen) atoms. The zero-order chi connectivity index (χ0) is 21.3. The van der Waals surface area contributed by atoms with Crippen molar-refractivity contribution in [1.29, 1.82) is 0 Å². The number of nitrogens with zero attached hydrogens (tertiary/aromatic N) is 2. The highest BCUT2D eigenvalue weighted by Gasteiger charge is 2.37. The minimum Gasteiger partial charge on any atom is -0.467 e. The van der Waals surface area contributed by atoms with Gasteiger partial charge in [-0.1, -0.05) is 0 Å². The third-order valence-electron chi connectivity index (χ3n) is 5.44. The molecule has 0 N–H and O–H groups in total.